The van der Waals surface area contributed by atoms with Crippen LogP contribution in [-0.4, -0.2) is 27.3 Å². The third-order valence-electron chi connectivity index (χ3n) is 2.18. The highest BCUT2D eigenvalue weighted by molar-refractivity contribution is 6.39. The van der Waals surface area contributed by atoms with Crippen molar-refractivity contribution in [2.75, 3.05) is 0 Å². The van der Waals surface area contributed by atoms with E-state index < -0.39 is 23.2 Å². The summed E-state index contributed by atoms with van der Waals surface area (Å²) in [6, 6.07) is 4.22. The van der Waals surface area contributed by atoms with E-state index in [9.17, 15) is 14.7 Å². The van der Waals surface area contributed by atoms with E-state index in [2.05, 4.69) is 0 Å². The van der Waals surface area contributed by atoms with Crippen LogP contribution in [0.1, 0.15) is 28.9 Å². The van der Waals surface area contributed by atoms with Gasteiger partial charge in [0.15, 0.2) is 11.9 Å². The fraction of sp³-hybridized carbons (Fsp3) is 0.273. The number of alkyl halides is 1. The van der Waals surface area contributed by atoms with Crippen LogP contribution in [0.15, 0.2) is 18.2 Å². The highest BCUT2D eigenvalue weighted by Crippen LogP contribution is 2.28. The van der Waals surface area contributed by atoms with Crippen molar-refractivity contribution < 1.29 is 19.8 Å². The van der Waals surface area contributed by atoms with Crippen molar-refractivity contribution in [2.24, 2.45) is 0 Å². The summed E-state index contributed by atoms with van der Waals surface area (Å²) in [6.45, 7) is 1.49. The van der Waals surface area contributed by atoms with E-state index in [1.54, 1.807) is 0 Å². The maximum Gasteiger partial charge on any atom is 0.337 e. The standard InChI is InChI=1S/C11H10Cl2O4/c1-5(12)9(14)6-3-2-4-7(8(6)13)10(15)11(16)17/h2-5,10,15H,1H3,(H,16,17). The number of ketones is 1. The number of Topliss-reactive ketones (excluding diaryl/α,β-unsaturated/α-hetero) is 1. The molecule has 92 valence electrons. The number of hydrogen-bond donors (Lipinski definition) is 2. The van der Waals surface area contributed by atoms with Crippen LogP contribution in [0.3, 0.4) is 0 Å². The van der Waals surface area contributed by atoms with E-state index in [4.69, 9.17) is 28.3 Å². The van der Waals surface area contributed by atoms with Crippen LogP contribution in [-0.2, 0) is 4.79 Å². The molecule has 2 N–H and O–H groups in total. The Bertz CT molecular complexity index is 457. The average Bonchev–Trinajstić information content (AvgIpc) is 2.27. The third kappa shape index (κ3) is 2.97. The number of benzene rings is 1. The number of aliphatic hydroxyl groups is 1. The minimum atomic E-state index is -1.76. The zero-order valence-electron chi connectivity index (χ0n) is 8.85. The van der Waals surface area contributed by atoms with Gasteiger partial charge in [-0.2, -0.15) is 0 Å². The monoisotopic (exact) mass is 276 g/mol. The normalized spacial score (nSPS) is 14.1. The lowest BCUT2D eigenvalue weighted by Gasteiger charge is -2.12. The number of carboxylic acid groups (broad SMARTS) is 1. The van der Waals surface area contributed by atoms with Crippen molar-refractivity contribution >= 4 is 35.0 Å². The molecule has 0 saturated carbocycles. The van der Waals surface area contributed by atoms with Gasteiger partial charge < -0.3 is 10.2 Å². The maximum absolute atomic E-state index is 11.7. The second-order valence-corrected chi connectivity index (χ2v) is 4.46. The molecule has 0 fully saturated rings. The van der Waals surface area contributed by atoms with Crippen LogP contribution >= 0.6 is 23.2 Å². The SMILES string of the molecule is CC(Cl)C(=O)c1cccc(C(O)C(=O)O)c1Cl. The van der Waals surface area contributed by atoms with Crippen molar-refractivity contribution in [2.45, 2.75) is 18.4 Å². The van der Waals surface area contributed by atoms with Gasteiger partial charge >= 0.3 is 5.97 Å². The van der Waals surface area contributed by atoms with E-state index in [0.717, 1.165) is 0 Å². The first-order chi connectivity index (χ1) is 7.86. The van der Waals surface area contributed by atoms with Crippen molar-refractivity contribution in [3.8, 4) is 0 Å². The van der Waals surface area contributed by atoms with Gasteiger partial charge in [-0.05, 0) is 13.0 Å². The van der Waals surface area contributed by atoms with Crippen LogP contribution in [0.5, 0.6) is 0 Å². The molecule has 1 aromatic rings. The number of aliphatic carboxylic acids is 1. The smallest absolute Gasteiger partial charge is 0.337 e. The number of rotatable bonds is 4. The Kier molecular flexibility index (Phi) is 4.51. The Morgan fingerprint density at radius 2 is 1.94 bits per heavy atom. The lowest BCUT2D eigenvalue weighted by Crippen LogP contribution is -2.15. The molecule has 0 bridgehead atoms. The number of hydrogen-bond acceptors (Lipinski definition) is 3. The van der Waals surface area contributed by atoms with Gasteiger partial charge in [0.25, 0.3) is 0 Å². The minimum Gasteiger partial charge on any atom is -0.479 e. The second kappa shape index (κ2) is 5.49. The third-order valence-corrected chi connectivity index (χ3v) is 2.80. The Hall–Kier alpha value is -1.10. The highest BCUT2D eigenvalue weighted by Gasteiger charge is 2.23. The molecule has 0 aromatic heterocycles. The van der Waals surface area contributed by atoms with Crippen LogP contribution in [0.2, 0.25) is 5.02 Å². The summed E-state index contributed by atoms with van der Waals surface area (Å²) in [4.78, 5) is 22.3. The molecule has 17 heavy (non-hydrogen) atoms. The summed E-state index contributed by atoms with van der Waals surface area (Å²) in [6.07, 6.45) is -1.76. The van der Waals surface area contributed by atoms with Crippen molar-refractivity contribution in [3.63, 3.8) is 0 Å². The molecule has 6 heteroatoms. The molecule has 4 nitrogen and oxygen atoms in total. The Morgan fingerprint density at radius 1 is 1.35 bits per heavy atom. The van der Waals surface area contributed by atoms with Crippen LogP contribution in [0.4, 0.5) is 0 Å². The topological polar surface area (TPSA) is 74.6 Å². The largest absolute Gasteiger partial charge is 0.479 e. The van der Waals surface area contributed by atoms with E-state index in [0.29, 0.717) is 0 Å². The van der Waals surface area contributed by atoms with Crippen molar-refractivity contribution in [1.82, 2.24) is 0 Å². The molecule has 0 aliphatic heterocycles. The van der Waals surface area contributed by atoms with E-state index >= 15 is 0 Å². The Labute approximate surface area is 108 Å². The molecule has 0 saturated heterocycles. The molecule has 2 atom stereocenters. The fourth-order valence-electron chi connectivity index (χ4n) is 1.30. The predicted octanol–water partition coefficient (Wildman–Crippen LogP) is 2.27. The summed E-state index contributed by atoms with van der Waals surface area (Å²) in [5, 5.41) is 17.2. The highest BCUT2D eigenvalue weighted by atomic mass is 35.5. The van der Waals surface area contributed by atoms with Crippen LogP contribution < -0.4 is 0 Å². The predicted molar refractivity (Wildman–Crippen MR) is 63.7 cm³/mol. The first-order valence-corrected chi connectivity index (χ1v) is 5.55. The molecule has 0 heterocycles. The molecule has 1 rings (SSSR count). The summed E-state index contributed by atoms with van der Waals surface area (Å²) in [5.74, 6) is -1.86. The quantitative estimate of drug-likeness (QED) is 0.654. The van der Waals surface area contributed by atoms with E-state index in [1.807, 2.05) is 0 Å². The van der Waals surface area contributed by atoms with Crippen molar-refractivity contribution in [1.29, 1.82) is 0 Å². The average molecular weight is 277 g/mol. The van der Waals surface area contributed by atoms with Gasteiger partial charge in [-0.1, -0.05) is 23.7 Å². The van der Waals surface area contributed by atoms with Crippen LogP contribution in [0, 0.1) is 0 Å². The molecule has 1 aromatic carbocycles. The van der Waals surface area contributed by atoms with Gasteiger partial charge in [-0.15, -0.1) is 11.6 Å². The summed E-state index contributed by atoms with van der Waals surface area (Å²) in [5.41, 5.74) is 0.0781. The molecule has 0 radical (unpaired) electrons. The number of aliphatic hydroxyl groups excluding tert-OH is 1. The molecule has 0 aliphatic rings. The number of halogens is 2. The lowest BCUT2D eigenvalue weighted by molar-refractivity contribution is -0.146. The maximum atomic E-state index is 11.7. The summed E-state index contributed by atoms with van der Waals surface area (Å²) >= 11 is 11.5. The van der Waals surface area contributed by atoms with Crippen LogP contribution in [0.25, 0.3) is 0 Å². The van der Waals surface area contributed by atoms with Gasteiger partial charge in [-0.25, -0.2) is 4.79 Å². The molecule has 0 amide bonds. The van der Waals surface area contributed by atoms with Gasteiger partial charge in [-0.3, -0.25) is 4.79 Å². The summed E-state index contributed by atoms with van der Waals surface area (Å²) < 4.78 is 0. The van der Waals surface area contributed by atoms with E-state index in [1.165, 1.54) is 25.1 Å². The number of carboxylic acids is 1. The van der Waals surface area contributed by atoms with Gasteiger partial charge in [0.2, 0.25) is 0 Å². The van der Waals surface area contributed by atoms with Gasteiger partial charge in [0.1, 0.15) is 0 Å². The fourth-order valence-corrected chi connectivity index (χ4v) is 1.74. The first-order valence-electron chi connectivity index (χ1n) is 4.73. The lowest BCUT2D eigenvalue weighted by atomic mass is 10.0. The molecule has 0 spiro atoms. The number of carbonyl (C=O) groups excluding carboxylic acids is 1. The molecule has 2 unspecified atom stereocenters. The molecular weight excluding hydrogens is 267 g/mol. The first kappa shape index (κ1) is 14.0. The molecule has 0 aliphatic carbocycles. The number of carbonyl (C=O) groups is 2. The minimum absolute atomic E-state index is 0.0256. The van der Waals surface area contributed by atoms with E-state index in [-0.39, 0.29) is 16.1 Å². The zero-order valence-corrected chi connectivity index (χ0v) is 10.4. The summed E-state index contributed by atoms with van der Waals surface area (Å²) in [7, 11) is 0. The Morgan fingerprint density at radius 3 is 2.41 bits per heavy atom. The van der Waals surface area contributed by atoms with Crippen molar-refractivity contribution in [3.05, 3.63) is 34.3 Å². The van der Waals surface area contributed by atoms with Gasteiger partial charge in [0.05, 0.1) is 10.4 Å². The Balaban J connectivity index is 3.25. The second-order valence-electron chi connectivity index (χ2n) is 3.43. The van der Waals surface area contributed by atoms with Gasteiger partial charge in [0, 0.05) is 11.1 Å². The molecular formula is C11H10Cl2O4. The zero-order chi connectivity index (χ0) is 13.2.